The Balaban J connectivity index is 2.29. The van der Waals surface area contributed by atoms with Crippen molar-refractivity contribution in [2.45, 2.75) is 26.4 Å². The lowest BCUT2D eigenvalue weighted by Crippen LogP contribution is -2.07. The number of methoxy groups -OCH3 is 1. The van der Waals surface area contributed by atoms with Crippen molar-refractivity contribution in [2.24, 2.45) is 0 Å². The minimum Gasteiger partial charge on any atom is -0.496 e. The predicted octanol–water partition coefficient (Wildman–Crippen LogP) is 4.51. The van der Waals surface area contributed by atoms with Crippen LogP contribution in [0.2, 0.25) is 0 Å². The van der Waals surface area contributed by atoms with Crippen LogP contribution in [0, 0.1) is 13.8 Å². The highest BCUT2D eigenvalue weighted by Gasteiger charge is 2.15. The van der Waals surface area contributed by atoms with Gasteiger partial charge in [-0.1, -0.05) is 31.9 Å². The van der Waals surface area contributed by atoms with Crippen LogP contribution in [0.15, 0.2) is 33.3 Å². The molecule has 1 atom stereocenters. The Hall–Kier alpha value is -0.910. The van der Waals surface area contributed by atoms with Gasteiger partial charge in [0.2, 0.25) is 0 Å². The molecule has 0 radical (unpaired) electrons. The fraction of sp³-hybridized carbons (Fsp3) is 0.312. The first-order chi connectivity index (χ1) is 9.92. The Kier molecular flexibility index (Phi) is 5.41. The number of rotatable bonds is 4. The van der Waals surface area contributed by atoms with Crippen molar-refractivity contribution in [1.82, 2.24) is 4.98 Å². The first kappa shape index (κ1) is 16.5. The summed E-state index contributed by atoms with van der Waals surface area (Å²) in [6.07, 6.45) is 1.62. The Morgan fingerprint density at radius 2 is 1.81 bits per heavy atom. The van der Waals surface area contributed by atoms with Crippen LogP contribution in [0.1, 0.15) is 28.5 Å². The molecule has 0 aliphatic heterocycles. The molecule has 21 heavy (non-hydrogen) atoms. The molecule has 2 aromatic rings. The number of aromatic nitrogens is 1. The van der Waals surface area contributed by atoms with Crippen LogP contribution in [0.25, 0.3) is 0 Å². The second kappa shape index (κ2) is 6.90. The highest BCUT2D eigenvalue weighted by atomic mass is 79.9. The summed E-state index contributed by atoms with van der Waals surface area (Å²) in [7, 11) is 1.65. The van der Waals surface area contributed by atoms with E-state index in [0.29, 0.717) is 6.42 Å². The van der Waals surface area contributed by atoms with E-state index in [1.54, 1.807) is 13.3 Å². The van der Waals surface area contributed by atoms with E-state index in [9.17, 15) is 5.11 Å². The van der Waals surface area contributed by atoms with Crippen molar-refractivity contribution in [1.29, 1.82) is 0 Å². The molecule has 0 amide bonds. The highest BCUT2D eigenvalue weighted by molar-refractivity contribution is 9.11. The first-order valence-electron chi connectivity index (χ1n) is 6.55. The van der Waals surface area contributed by atoms with E-state index in [4.69, 9.17) is 4.74 Å². The lowest BCUT2D eigenvalue weighted by molar-refractivity contribution is 0.176. The molecule has 1 N–H and O–H groups in total. The second-order valence-electron chi connectivity index (χ2n) is 4.97. The molecule has 0 saturated heterocycles. The number of aliphatic hydroxyl groups is 1. The lowest BCUT2D eigenvalue weighted by Gasteiger charge is -2.16. The fourth-order valence-corrected chi connectivity index (χ4v) is 3.67. The van der Waals surface area contributed by atoms with Crippen molar-refractivity contribution in [3.8, 4) is 5.75 Å². The van der Waals surface area contributed by atoms with Gasteiger partial charge in [-0.25, -0.2) is 0 Å². The van der Waals surface area contributed by atoms with E-state index in [1.807, 2.05) is 32.0 Å². The number of aryl methyl sites for hydroxylation is 1. The molecule has 1 aromatic heterocycles. The number of aliphatic hydroxyl groups excluding tert-OH is 1. The molecule has 0 bridgehead atoms. The number of halogens is 2. The van der Waals surface area contributed by atoms with Crippen molar-refractivity contribution in [3.63, 3.8) is 0 Å². The van der Waals surface area contributed by atoms with Gasteiger partial charge in [-0.15, -0.1) is 0 Å². The maximum Gasteiger partial charge on any atom is 0.128 e. The maximum absolute atomic E-state index is 10.5. The molecule has 0 saturated carbocycles. The van der Waals surface area contributed by atoms with Crippen LogP contribution in [-0.2, 0) is 6.42 Å². The monoisotopic (exact) mass is 413 g/mol. The third kappa shape index (κ3) is 3.84. The van der Waals surface area contributed by atoms with Crippen molar-refractivity contribution < 1.29 is 9.84 Å². The predicted molar refractivity (Wildman–Crippen MR) is 90.8 cm³/mol. The zero-order valence-corrected chi connectivity index (χ0v) is 15.3. The number of benzene rings is 1. The van der Waals surface area contributed by atoms with Gasteiger partial charge in [0.05, 0.1) is 13.2 Å². The van der Waals surface area contributed by atoms with E-state index in [-0.39, 0.29) is 0 Å². The van der Waals surface area contributed by atoms with Gasteiger partial charge >= 0.3 is 0 Å². The quantitative estimate of drug-likeness (QED) is 0.800. The van der Waals surface area contributed by atoms with Gasteiger partial charge in [0.1, 0.15) is 5.75 Å². The fourth-order valence-electron chi connectivity index (χ4n) is 2.35. The molecular weight excluding hydrogens is 398 g/mol. The number of hydrogen-bond acceptors (Lipinski definition) is 3. The van der Waals surface area contributed by atoms with E-state index in [0.717, 1.165) is 37.1 Å². The normalized spacial score (nSPS) is 12.3. The Bertz CT molecular complexity index is 639. The standard InChI is InChI=1S/C16H17Br2NO2/c1-9-8-19-14(10(2)16(9)21-3)7-15(20)11-4-12(17)6-13(18)5-11/h4-6,8,15,20H,7H2,1-3H3. The van der Waals surface area contributed by atoms with Gasteiger partial charge in [0.15, 0.2) is 0 Å². The molecule has 3 nitrogen and oxygen atoms in total. The minimum atomic E-state index is -0.614. The van der Waals surface area contributed by atoms with Gasteiger partial charge in [0, 0.05) is 38.4 Å². The minimum absolute atomic E-state index is 0.450. The molecule has 1 aromatic carbocycles. The van der Waals surface area contributed by atoms with Crippen LogP contribution in [0.4, 0.5) is 0 Å². The third-order valence-electron chi connectivity index (χ3n) is 3.41. The number of pyridine rings is 1. The van der Waals surface area contributed by atoms with Crippen molar-refractivity contribution in [2.75, 3.05) is 7.11 Å². The van der Waals surface area contributed by atoms with Crippen molar-refractivity contribution in [3.05, 3.63) is 55.7 Å². The molecule has 1 unspecified atom stereocenters. The summed E-state index contributed by atoms with van der Waals surface area (Å²) in [5.41, 5.74) is 3.67. The summed E-state index contributed by atoms with van der Waals surface area (Å²) in [5.74, 6) is 0.836. The molecular formula is C16H17Br2NO2. The topological polar surface area (TPSA) is 42.4 Å². The van der Waals surface area contributed by atoms with Crippen LogP contribution in [-0.4, -0.2) is 17.2 Å². The Morgan fingerprint density at radius 3 is 2.38 bits per heavy atom. The van der Waals surface area contributed by atoms with Crippen LogP contribution in [0.3, 0.4) is 0 Å². The number of ether oxygens (including phenoxy) is 1. The Labute approximate surface area is 141 Å². The average Bonchev–Trinajstić information content (AvgIpc) is 2.41. The maximum atomic E-state index is 10.5. The lowest BCUT2D eigenvalue weighted by atomic mass is 10.0. The van der Waals surface area contributed by atoms with Gasteiger partial charge < -0.3 is 9.84 Å². The summed E-state index contributed by atoms with van der Waals surface area (Å²) in [4.78, 5) is 4.43. The summed E-state index contributed by atoms with van der Waals surface area (Å²) >= 11 is 6.87. The molecule has 112 valence electrons. The third-order valence-corrected chi connectivity index (χ3v) is 4.32. The van der Waals surface area contributed by atoms with Gasteiger partial charge in [-0.3, -0.25) is 4.98 Å². The summed E-state index contributed by atoms with van der Waals surface area (Å²) in [5, 5.41) is 10.5. The molecule has 1 heterocycles. The molecule has 5 heteroatoms. The summed E-state index contributed by atoms with van der Waals surface area (Å²) in [6, 6.07) is 5.76. The highest BCUT2D eigenvalue weighted by Crippen LogP contribution is 2.29. The van der Waals surface area contributed by atoms with E-state index >= 15 is 0 Å². The van der Waals surface area contributed by atoms with Gasteiger partial charge in [-0.05, 0) is 37.6 Å². The van der Waals surface area contributed by atoms with Crippen LogP contribution in [0.5, 0.6) is 5.75 Å². The average molecular weight is 415 g/mol. The smallest absolute Gasteiger partial charge is 0.128 e. The Morgan fingerprint density at radius 1 is 1.19 bits per heavy atom. The van der Waals surface area contributed by atoms with Gasteiger partial charge in [0.25, 0.3) is 0 Å². The zero-order valence-electron chi connectivity index (χ0n) is 12.2. The van der Waals surface area contributed by atoms with Crippen LogP contribution < -0.4 is 4.74 Å². The largest absolute Gasteiger partial charge is 0.496 e. The molecule has 2 rings (SSSR count). The number of hydrogen-bond donors (Lipinski definition) is 1. The molecule has 0 spiro atoms. The molecule has 0 fully saturated rings. The van der Waals surface area contributed by atoms with Gasteiger partial charge in [-0.2, -0.15) is 0 Å². The summed E-state index contributed by atoms with van der Waals surface area (Å²) < 4.78 is 7.26. The zero-order chi connectivity index (χ0) is 15.6. The molecule has 0 aliphatic rings. The van der Waals surface area contributed by atoms with Crippen LogP contribution >= 0.6 is 31.9 Å². The van der Waals surface area contributed by atoms with E-state index in [1.165, 1.54) is 0 Å². The first-order valence-corrected chi connectivity index (χ1v) is 8.14. The van der Waals surface area contributed by atoms with E-state index < -0.39 is 6.10 Å². The molecule has 0 aliphatic carbocycles. The summed E-state index contributed by atoms with van der Waals surface area (Å²) in [6.45, 7) is 3.93. The SMILES string of the molecule is COc1c(C)cnc(CC(O)c2cc(Br)cc(Br)c2)c1C. The van der Waals surface area contributed by atoms with Crippen molar-refractivity contribution >= 4 is 31.9 Å². The number of nitrogens with zero attached hydrogens (tertiary/aromatic N) is 1. The van der Waals surface area contributed by atoms with E-state index in [2.05, 4.69) is 36.8 Å². The second-order valence-corrected chi connectivity index (χ2v) is 6.80.